The lowest BCUT2D eigenvalue weighted by molar-refractivity contribution is 0.395. The number of hydrogen-bond donors (Lipinski definition) is 2. The minimum atomic E-state index is 0.256. The molecule has 3 rings (SSSR count). The fraction of sp³-hybridized carbons (Fsp3) is 0.455. The van der Waals surface area contributed by atoms with Crippen molar-refractivity contribution in [3.8, 4) is 0 Å². The molecule has 0 unspecified atom stereocenters. The Labute approximate surface area is 146 Å². The summed E-state index contributed by atoms with van der Waals surface area (Å²) in [5, 5.41) is 7.48. The van der Waals surface area contributed by atoms with Gasteiger partial charge >= 0.3 is 0 Å². The van der Waals surface area contributed by atoms with Crippen molar-refractivity contribution in [1.29, 1.82) is 0 Å². The van der Waals surface area contributed by atoms with Gasteiger partial charge in [-0.25, -0.2) is 0 Å². The van der Waals surface area contributed by atoms with E-state index in [0.29, 0.717) is 11.8 Å². The Hall–Kier alpha value is -1.96. The molecular weight excluding hydrogens is 292 g/mol. The zero-order chi connectivity index (χ0) is 17.4. The molecule has 2 aromatic carbocycles. The molecule has 0 amide bonds. The second-order valence-electron chi connectivity index (χ2n) is 7.46. The second-order valence-corrected chi connectivity index (χ2v) is 7.46. The highest BCUT2D eigenvalue weighted by Gasteiger charge is 2.32. The van der Waals surface area contributed by atoms with Gasteiger partial charge in [0.25, 0.3) is 0 Å². The first kappa shape index (κ1) is 16.9. The summed E-state index contributed by atoms with van der Waals surface area (Å²) >= 11 is 0. The van der Waals surface area contributed by atoms with Gasteiger partial charge in [0, 0.05) is 17.3 Å². The Kier molecular flexibility index (Phi) is 4.58. The van der Waals surface area contributed by atoms with Gasteiger partial charge in [0.2, 0.25) is 0 Å². The van der Waals surface area contributed by atoms with Gasteiger partial charge in [-0.3, -0.25) is 0 Å². The summed E-state index contributed by atoms with van der Waals surface area (Å²) in [6, 6.07) is 11.3. The first-order valence-electron chi connectivity index (χ1n) is 9.12. The van der Waals surface area contributed by atoms with Crippen molar-refractivity contribution in [3.05, 3.63) is 58.1 Å². The quantitative estimate of drug-likeness (QED) is 0.733. The summed E-state index contributed by atoms with van der Waals surface area (Å²) < 4.78 is 0. The van der Waals surface area contributed by atoms with Crippen molar-refractivity contribution >= 4 is 11.4 Å². The van der Waals surface area contributed by atoms with E-state index >= 15 is 0 Å². The summed E-state index contributed by atoms with van der Waals surface area (Å²) in [7, 11) is 0. The molecule has 0 spiro atoms. The van der Waals surface area contributed by atoms with Crippen molar-refractivity contribution < 1.29 is 0 Å². The number of anilines is 2. The predicted molar refractivity (Wildman–Crippen MR) is 105 cm³/mol. The molecule has 0 fully saturated rings. The highest BCUT2D eigenvalue weighted by Crippen LogP contribution is 2.41. The number of aryl methyl sites for hydroxylation is 4. The highest BCUT2D eigenvalue weighted by atomic mass is 15.1. The van der Waals surface area contributed by atoms with Crippen LogP contribution in [0.3, 0.4) is 0 Å². The van der Waals surface area contributed by atoms with E-state index in [-0.39, 0.29) is 6.17 Å². The minimum Gasteiger partial charge on any atom is -0.365 e. The third-order valence-corrected chi connectivity index (χ3v) is 5.81. The average molecular weight is 322 g/mol. The molecule has 2 heteroatoms. The molecule has 1 aliphatic rings. The van der Waals surface area contributed by atoms with E-state index in [0.717, 1.165) is 0 Å². The summed E-state index contributed by atoms with van der Waals surface area (Å²) in [6.07, 6.45) is 1.43. The standard InChI is InChI=1S/C22H30N2/c1-7-19-17(6)22(23-18-9-8-13(2)14(3)10-18)24-21-12-16(5)15(4)11-20(19)21/h8-12,17,19,22-24H,7H2,1-6H3/t17-,19-,22-/m0/s1. The van der Waals surface area contributed by atoms with Crippen LogP contribution in [0.2, 0.25) is 0 Å². The average Bonchev–Trinajstić information content (AvgIpc) is 2.54. The van der Waals surface area contributed by atoms with E-state index in [2.05, 4.69) is 82.5 Å². The molecule has 0 radical (unpaired) electrons. The highest BCUT2D eigenvalue weighted by molar-refractivity contribution is 5.61. The maximum absolute atomic E-state index is 3.75. The van der Waals surface area contributed by atoms with E-state index in [1.165, 1.54) is 45.6 Å². The first-order chi connectivity index (χ1) is 11.4. The molecule has 2 aromatic rings. The molecule has 24 heavy (non-hydrogen) atoms. The molecule has 0 aromatic heterocycles. The fourth-order valence-electron chi connectivity index (χ4n) is 3.85. The van der Waals surface area contributed by atoms with Gasteiger partial charge in [0.15, 0.2) is 0 Å². The van der Waals surface area contributed by atoms with Gasteiger partial charge in [-0.1, -0.05) is 26.0 Å². The van der Waals surface area contributed by atoms with Gasteiger partial charge in [0.05, 0.1) is 6.17 Å². The Morgan fingerprint density at radius 1 is 0.917 bits per heavy atom. The summed E-state index contributed by atoms with van der Waals surface area (Å²) in [4.78, 5) is 0. The lowest BCUT2D eigenvalue weighted by Gasteiger charge is -2.40. The molecule has 128 valence electrons. The van der Waals surface area contributed by atoms with Crippen LogP contribution in [-0.2, 0) is 0 Å². The van der Waals surface area contributed by atoms with Crippen LogP contribution < -0.4 is 10.6 Å². The van der Waals surface area contributed by atoms with Crippen LogP contribution in [0.25, 0.3) is 0 Å². The molecule has 3 atom stereocenters. The van der Waals surface area contributed by atoms with Crippen molar-refractivity contribution in [3.63, 3.8) is 0 Å². The smallest absolute Gasteiger partial charge is 0.0996 e. The van der Waals surface area contributed by atoms with Gasteiger partial charge in [-0.05, 0) is 86.1 Å². The monoisotopic (exact) mass is 322 g/mol. The van der Waals surface area contributed by atoms with Gasteiger partial charge in [0.1, 0.15) is 0 Å². The molecule has 0 saturated heterocycles. The molecule has 1 heterocycles. The Morgan fingerprint density at radius 3 is 2.25 bits per heavy atom. The van der Waals surface area contributed by atoms with Crippen molar-refractivity contribution in [1.82, 2.24) is 0 Å². The number of benzene rings is 2. The second kappa shape index (κ2) is 6.51. The third-order valence-electron chi connectivity index (χ3n) is 5.81. The van der Waals surface area contributed by atoms with E-state index in [1.807, 2.05) is 0 Å². The Morgan fingerprint density at radius 2 is 1.58 bits per heavy atom. The Bertz CT molecular complexity index is 748. The summed E-state index contributed by atoms with van der Waals surface area (Å²) in [5.41, 5.74) is 9.40. The first-order valence-corrected chi connectivity index (χ1v) is 9.12. The topological polar surface area (TPSA) is 24.1 Å². The maximum atomic E-state index is 3.75. The molecular formula is C22H30N2. The molecule has 0 aliphatic carbocycles. The number of hydrogen-bond acceptors (Lipinski definition) is 2. The predicted octanol–water partition coefficient (Wildman–Crippen LogP) is 5.91. The molecule has 2 N–H and O–H groups in total. The van der Waals surface area contributed by atoms with Crippen LogP contribution >= 0.6 is 0 Å². The van der Waals surface area contributed by atoms with Gasteiger partial charge < -0.3 is 10.6 Å². The normalized spacial score (nSPS) is 22.7. The van der Waals surface area contributed by atoms with Crippen LogP contribution in [0.15, 0.2) is 30.3 Å². The van der Waals surface area contributed by atoms with Crippen molar-refractivity contribution in [2.45, 2.75) is 60.0 Å². The molecule has 2 nitrogen and oxygen atoms in total. The van der Waals surface area contributed by atoms with E-state index in [4.69, 9.17) is 0 Å². The maximum Gasteiger partial charge on any atom is 0.0996 e. The zero-order valence-electron chi connectivity index (χ0n) is 15.8. The lowest BCUT2D eigenvalue weighted by Crippen LogP contribution is -2.42. The van der Waals surface area contributed by atoms with Crippen LogP contribution in [-0.4, -0.2) is 6.17 Å². The lowest BCUT2D eigenvalue weighted by atomic mass is 9.78. The molecule has 1 aliphatic heterocycles. The van der Waals surface area contributed by atoms with Crippen LogP contribution in [0.1, 0.15) is 54.0 Å². The summed E-state index contributed by atoms with van der Waals surface area (Å²) in [5.74, 6) is 1.12. The number of rotatable bonds is 3. The largest absolute Gasteiger partial charge is 0.365 e. The summed E-state index contributed by atoms with van der Waals surface area (Å²) in [6.45, 7) is 13.4. The van der Waals surface area contributed by atoms with Gasteiger partial charge in [-0.2, -0.15) is 0 Å². The minimum absolute atomic E-state index is 0.256. The van der Waals surface area contributed by atoms with Crippen LogP contribution in [0.5, 0.6) is 0 Å². The molecule has 0 saturated carbocycles. The SMILES string of the molecule is CC[C@@H]1c2cc(C)c(C)cc2N[C@H](Nc2ccc(C)c(C)c2)[C@H]1C. The van der Waals surface area contributed by atoms with Crippen LogP contribution in [0.4, 0.5) is 11.4 Å². The zero-order valence-corrected chi connectivity index (χ0v) is 15.8. The third kappa shape index (κ3) is 3.02. The van der Waals surface area contributed by atoms with E-state index in [1.54, 1.807) is 0 Å². The fourth-order valence-corrected chi connectivity index (χ4v) is 3.85. The van der Waals surface area contributed by atoms with Gasteiger partial charge in [-0.15, -0.1) is 0 Å². The molecule has 0 bridgehead atoms. The van der Waals surface area contributed by atoms with Crippen molar-refractivity contribution in [2.24, 2.45) is 5.92 Å². The van der Waals surface area contributed by atoms with Crippen LogP contribution in [0, 0.1) is 33.6 Å². The number of fused-ring (bicyclic) bond motifs is 1. The van der Waals surface area contributed by atoms with E-state index in [9.17, 15) is 0 Å². The van der Waals surface area contributed by atoms with E-state index < -0.39 is 0 Å². The number of nitrogens with one attached hydrogen (secondary N) is 2. The van der Waals surface area contributed by atoms with Crippen molar-refractivity contribution in [2.75, 3.05) is 10.6 Å². The Balaban J connectivity index is 1.92.